The average Bonchev–Trinajstić information content (AvgIpc) is 1.84. The molecular weight excluding hydrogens is 138 g/mol. The molecule has 1 spiro atoms. The van der Waals surface area contributed by atoms with Gasteiger partial charge in [-0.25, -0.2) is 0 Å². The Morgan fingerprint density at radius 2 is 2.18 bits per heavy atom. The van der Waals surface area contributed by atoms with Gasteiger partial charge in [0.15, 0.2) is 0 Å². The molecule has 64 valence electrons. The fraction of sp³-hybridized carbons (Fsp3) is 1.00. The van der Waals surface area contributed by atoms with Crippen molar-refractivity contribution in [3.63, 3.8) is 0 Å². The lowest BCUT2D eigenvalue weighted by atomic mass is 9.82. The monoisotopic (exact) mass is 155 g/mol. The van der Waals surface area contributed by atoms with Crippen LogP contribution in [0.25, 0.3) is 0 Å². The zero-order chi connectivity index (χ0) is 7.90. The van der Waals surface area contributed by atoms with E-state index in [4.69, 9.17) is 4.74 Å². The lowest BCUT2D eigenvalue weighted by molar-refractivity contribution is -0.170. The summed E-state index contributed by atoms with van der Waals surface area (Å²) in [4.78, 5) is 2.33. The number of nitrogens with zero attached hydrogens (tertiary/aromatic N) is 1. The van der Waals surface area contributed by atoms with Crippen LogP contribution in [0.4, 0.5) is 0 Å². The van der Waals surface area contributed by atoms with Gasteiger partial charge in [0.25, 0.3) is 0 Å². The predicted octanol–water partition coefficient (Wildman–Crippen LogP) is 1.12. The normalized spacial score (nSPS) is 37.1. The van der Waals surface area contributed by atoms with Crippen molar-refractivity contribution in [2.45, 2.75) is 25.4 Å². The van der Waals surface area contributed by atoms with Crippen LogP contribution in [-0.2, 0) is 4.74 Å². The van der Waals surface area contributed by atoms with Crippen LogP contribution in [0.1, 0.15) is 19.8 Å². The number of ether oxygens (including phenoxy) is 1. The molecule has 0 saturated carbocycles. The lowest BCUT2D eigenvalue weighted by Gasteiger charge is -2.51. The zero-order valence-corrected chi connectivity index (χ0v) is 7.47. The lowest BCUT2D eigenvalue weighted by Crippen LogP contribution is -2.63. The Hall–Kier alpha value is -0.0800. The van der Waals surface area contributed by atoms with Crippen LogP contribution in [-0.4, -0.2) is 37.2 Å². The van der Waals surface area contributed by atoms with Gasteiger partial charge in [-0.15, -0.1) is 0 Å². The molecule has 2 nitrogen and oxygen atoms in total. The summed E-state index contributed by atoms with van der Waals surface area (Å²) >= 11 is 0. The molecule has 1 atom stereocenters. The highest BCUT2D eigenvalue weighted by atomic mass is 16.5. The van der Waals surface area contributed by atoms with Crippen molar-refractivity contribution in [1.29, 1.82) is 0 Å². The molecule has 0 radical (unpaired) electrons. The van der Waals surface area contributed by atoms with E-state index in [1.807, 2.05) is 0 Å². The van der Waals surface area contributed by atoms with Crippen molar-refractivity contribution in [3.8, 4) is 0 Å². The maximum Gasteiger partial charge on any atom is 0.0937 e. The van der Waals surface area contributed by atoms with E-state index in [1.165, 1.54) is 12.8 Å². The van der Waals surface area contributed by atoms with Gasteiger partial charge in [-0.2, -0.15) is 0 Å². The molecule has 2 heteroatoms. The number of rotatable bonds is 0. The second-order valence-electron chi connectivity index (χ2n) is 4.30. The van der Waals surface area contributed by atoms with E-state index in [1.54, 1.807) is 0 Å². The van der Waals surface area contributed by atoms with E-state index < -0.39 is 0 Å². The first-order valence-electron chi connectivity index (χ1n) is 4.53. The van der Waals surface area contributed by atoms with Crippen LogP contribution in [0, 0.1) is 5.92 Å². The molecule has 1 unspecified atom stereocenters. The Morgan fingerprint density at radius 3 is 2.73 bits per heavy atom. The highest BCUT2D eigenvalue weighted by Crippen LogP contribution is 2.35. The minimum absolute atomic E-state index is 0.270. The van der Waals surface area contributed by atoms with Gasteiger partial charge in [0, 0.05) is 19.7 Å². The predicted molar refractivity (Wildman–Crippen MR) is 44.6 cm³/mol. The SMILES string of the molecule is CC1CCOC2(C1)CN(C)C2. The summed E-state index contributed by atoms with van der Waals surface area (Å²) in [6.45, 7) is 5.62. The highest BCUT2D eigenvalue weighted by molar-refractivity contribution is 4.98. The van der Waals surface area contributed by atoms with Gasteiger partial charge in [-0.3, -0.25) is 0 Å². The van der Waals surface area contributed by atoms with Crippen LogP contribution in [0.2, 0.25) is 0 Å². The van der Waals surface area contributed by atoms with Crippen LogP contribution >= 0.6 is 0 Å². The zero-order valence-electron chi connectivity index (χ0n) is 7.47. The molecule has 0 amide bonds. The van der Waals surface area contributed by atoms with Gasteiger partial charge in [-0.1, -0.05) is 6.92 Å². The summed E-state index contributed by atoms with van der Waals surface area (Å²) in [5.41, 5.74) is 0.270. The summed E-state index contributed by atoms with van der Waals surface area (Å²) < 4.78 is 5.80. The van der Waals surface area contributed by atoms with Crippen molar-refractivity contribution >= 4 is 0 Å². The van der Waals surface area contributed by atoms with Crippen molar-refractivity contribution in [1.82, 2.24) is 4.90 Å². The van der Waals surface area contributed by atoms with Crippen LogP contribution in [0.3, 0.4) is 0 Å². The Bertz CT molecular complexity index is 146. The minimum Gasteiger partial charge on any atom is -0.372 e. The smallest absolute Gasteiger partial charge is 0.0937 e. The van der Waals surface area contributed by atoms with Gasteiger partial charge in [0.1, 0.15) is 0 Å². The molecule has 0 aromatic heterocycles. The molecule has 2 saturated heterocycles. The maximum absolute atomic E-state index is 5.80. The second-order valence-corrected chi connectivity index (χ2v) is 4.30. The number of likely N-dealkylation sites (tertiary alicyclic amines) is 1. The summed E-state index contributed by atoms with van der Waals surface area (Å²) in [6.07, 6.45) is 2.53. The number of hydrogen-bond donors (Lipinski definition) is 0. The molecule has 0 bridgehead atoms. The first kappa shape index (κ1) is 7.56. The molecular formula is C9H17NO. The fourth-order valence-corrected chi connectivity index (χ4v) is 2.43. The molecule has 2 aliphatic rings. The van der Waals surface area contributed by atoms with Gasteiger partial charge in [0.05, 0.1) is 5.60 Å². The summed E-state index contributed by atoms with van der Waals surface area (Å²) in [5, 5.41) is 0. The van der Waals surface area contributed by atoms with Gasteiger partial charge in [0.2, 0.25) is 0 Å². The summed E-state index contributed by atoms with van der Waals surface area (Å²) in [7, 11) is 2.16. The topological polar surface area (TPSA) is 12.5 Å². The standard InChI is InChI=1S/C9H17NO/c1-8-3-4-11-9(5-8)6-10(2)7-9/h8H,3-7H2,1-2H3. The van der Waals surface area contributed by atoms with E-state index in [0.29, 0.717) is 0 Å². The Kier molecular flexibility index (Phi) is 1.69. The molecule has 2 fully saturated rings. The molecule has 0 aliphatic carbocycles. The third-order valence-electron chi connectivity index (χ3n) is 2.86. The van der Waals surface area contributed by atoms with Gasteiger partial charge in [-0.05, 0) is 25.8 Å². The van der Waals surface area contributed by atoms with Gasteiger partial charge >= 0.3 is 0 Å². The molecule has 0 aromatic rings. The van der Waals surface area contributed by atoms with Crippen molar-refractivity contribution in [2.75, 3.05) is 26.7 Å². The Balaban J connectivity index is 1.93. The largest absolute Gasteiger partial charge is 0.372 e. The molecule has 2 heterocycles. The first-order chi connectivity index (χ1) is 5.20. The number of likely N-dealkylation sites (N-methyl/N-ethyl adjacent to an activating group) is 1. The first-order valence-corrected chi connectivity index (χ1v) is 4.53. The van der Waals surface area contributed by atoms with Crippen molar-refractivity contribution in [3.05, 3.63) is 0 Å². The van der Waals surface area contributed by atoms with E-state index in [9.17, 15) is 0 Å². The Morgan fingerprint density at radius 1 is 1.45 bits per heavy atom. The summed E-state index contributed by atoms with van der Waals surface area (Å²) in [6, 6.07) is 0. The molecule has 2 aliphatic heterocycles. The van der Waals surface area contributed by atoms with Crippen LogP contribution in [0.15, 0.2) is 0 Å². The molecule has 11 heavy (non-hydrogen) atoms. The van der Waals surface area contributed by atoms with Crippen molar-refractivity contribution in [2.24, 2.45) is 5.92 Å². The van der Waals surface area contributed by atoms with E-state index in [2.05, 4.69) is 18.9 Å². The van der Waals surface area contributed by atoms with Crippen LogP contribution < -0.4 is 0 Å². The highest BCUT2D eigenvalue weighted by Gasteiger charge is 2.44. The molecule has 0 aromatic carbocycles. The quantitative estimate of drug-likeness (QED) is 0.519. The minimum atomic E-state index is 0.270. The third-order valence-corrected chi connectivity index (χ3v) is 2.86. The van der Waals surface area contributed by atoms with Gasteiger partial charge < -0.3 is 9.64 Å². The van der Waals surface area contributed by atoms with E-state index in [0.717, 1.165) is 25.6 Å². The van der Waals surface area contributed by atoms with E-state index >= 15 is 0 Å². The third kappa shape index (κ3) is 1.30. The average molecular weight is 155 g/mol. The Labute approximate surface area is 68.5 Å². The van der Waals surface area contributed by atoms with Crippen molar-refractivity contribution < 1.29 is 4.74 Å². The summed E-state index contributed by atoms with van der Waals surface area (Å²) in [5.74, 6) is 0.873. The fourth-order valence-electron chi connectivity index (χ4n) is 2.43. The maximum atomic E-state index is 5.80. The van der Waals surface area contributed by atoms with E-state index in [-0.39, 0.29) is 5.60 Å². The molecule has 0 N–H and O–H groups in total. The van der Waals surface area contributed by atoms with Crippen LogP contribution in [0.5, 0.6) is 0 Å². The molecule has 2 rings (SSSR count). The second kappa shape index (κ2) is 2.46. The number of hydrogen-bond acceptors (Lipinski definition) is 2.